The summed E-state index contributed by atoms with van der Waals surface area (Å²) in [6, 6.07) is 5.78. The molecule has 0 aliphatic rings. The fourth-order valence-corrected chi connectivity index (χ4v) is 2.29. The summed E-state index contributed by atoms with van der Waals surface area (Å²) in [4.78, 5) is 0. The van der Waals surface area contributed by atoms with Crippen molar-refractivity contribution >= 4 is 0 Å². The van der Waals surface area contributed by atoms with Gasteiger partial charge in [0.15, 0.2) is 0 Å². The smallest absolute Gasteiger partial charge is 0.149 e. The van der Waals surface area contributed by atoms with E-state index in [1.54, 1.807) is 13.4 Å². The van der Waals surface area contributed by atoms with Crippen LogP contribution >= 0.6 is 0 Å². The Bertz CT molecular complexity index is 597. The molecule has 6 heteroatoms. The van der Waals surface area contributed by atoms with Crippen LogP contribution in [0.25, 0.3) is 0 Å². The molecule has 2 atom stereocenters. The largest absolute Gasteiger partial charge is 0.496 e. The van der Waals surface area contributed by atoms with Crippen molar-refractivity contribution in [2.24, 2.45) is 7.05 Å². The molecule has 114 valence electrons. The van der Waals surface area contributed by atoms with Crippen LogP contribution in [0.5, 0.6) is 5.75 Å². The van der Waals surface area contributed by atoms with Gasteiger partial charge >= 0.3 is 0 Å². The number of aliphatic hydroxyl groups is 1. The van der Waals surface area contributed by atoms with E-state index in [1.165, 1.54) is 0 Å². The molecule has 0 saturated heterocycles. The summed E-state index contributed by atoms with van der Waals surface area (Å²) in [5.74, 6) is 1.53. The second-order valence-corrected chi connectivity index (χ2v) is 5.19. The van der Waals surface area contributed by atoms with Crippen molar-refractivity contribution in [1.82, 2.24) is 20.1 Å². The van der Waals surface area contributed by atoms with E-state index in [2.05, 4.69) is 15.5 Å². The van der Waals surface area contributed by atoms with Gasteiger partial charge in [-0.2, -0.15) is 0 Å². The van der Waals surface area contributed by atoms with Gasteiger partial charge in [-0.15, -0.1) is 10.2 Å². The highest BCUT2D eigenvalue weighted by Gasteiger charge is 2.16. The Morgan fingerprint density at radius 2 is 2.19 bits per heavy atom. The lowest BCUT2D eigenvalue weighted by Crippen LogP contribution is -2.26. The molecular formula is C15H22N4O2. The minimum atomic E-state index is -0.643. The van der Waals surface area contributed by atoms with Crippen molar-refractivity contribution in [2.75, 3.05) is 13.7 Å². The maximum Gasteiger partial charge on any atom is 0.149 e. The minimum absolute atomic E-state index is 0.00274. The third-order valence-corrected chi connectivity index (χ3v) is 3.50. The van der Waals surface area contributed by atoms with Crippen molar-refractivity contribution < 1.29 is 9.84 Å². The van der Waals surface area contributed by atoms with Gasteiger partial charge in [-0.1, -0.05) is 11.6 Å². The van der Waals surface area contributed by atoms with Crippen LogP contribution in [0.1, 0.15) is 36.0 Å². The number of aryl methyl sites for hydroxylation is 2. The van der Waals surface area contributed by atoms with Gasteiger partial charge in [0.2, 0.25) is 0 Å². The van der Waals surface area contributed by atoms with Gasteiger partial charge in [0.25, 0.3) is 0 Å². The fourth-order valence-electron chi connectivity index (χ4n) is 2.29. The second-order valence-electron chi connectivity index (χ2n) is 5.19. The molecule has 1 aromatic carbocycles. The number of hydrogen-bond acceptors (Lipinski definition) is 5. The van der Waals surface area contributed by atoms with E-state index in [0.29, 0.717) is 12.3 Å². The summed E-state index contributed by atoms with van der Waals surface area (Å²) in [7, 11) is 3.50. The Kier molecular flexibility index (Phi) is 4.93. The SMILES string of the molecule is COc1ccc(C)cc1C(O)CNC(C)c1nncn1C. The number of rotatable bonds is 6. The number of ether oxygens (including phenoxy) is 1. The van der Waals surface area contributed by atoms with E-state index < -0.39 is 6.10 Å². The molecule has 2 aromatic rings. The Morgan fingerprint density at radius 1 is 1.43 bits per heavy atom. The number of nitrogens with zero attached hydrogens (tertiary/aromatic N) is 3. The quantitative estimate of drug-likeness (QED) is 0.844. The zero-order chi connectivity index (χ0) is 15.4. The van der Waals surface area contributed by atoms with E-state index in [-0.39, 0.29) is 6.04 Å². The molecule has 0 aliphatic carbocycles. The van der Waals surface area contributed by atoms with Crippen LogP contribution in [-0.2, 0) is 7.05 Å². The van der Waals surface area contributed by atoms with Crippen LogP contribution in [0, 0.1) is 6.92 Å². The van der Waals surface area contributed by atoms with Crippen LogP contribution in [0.15, 0.2) is 24.5 Å². The summed E-state index contributed by atoms with van der Waals surface area (Å²) in [5.41, 5.74) is 1.88. The second kappa shape index (κ2) is 6.69. The van der Waals surface area contributed by atoms with Gasteiger partial charge in [-0.05, 0) is 26.0 Å². The molecule has 6 nitrogen and oxygen atoms in total. The average molecular weight is 290 g/mol. The summed E-state index contributed by atoms with van der Waals surface area (Å²) in [6.07, 6.45) is 1.02. The molecular weight excluding hydrogens is 268 g/mol. The molecule has 0 radical (unpaired) electrons. The van der Waals surface area contributed by atoms with Crippen LogP contribution in [0.2, 0.25) is 0 Å². The molecule has 1 aromatic heterocycles. The molecule has 0 bridgehead atoms. The van der Waals surface area contributed by atoms with Crippen LogP contribution in [-0.4, -0.2) is 33.5 Å². The van der Waals surface area contributed by atoms with Gasteiger partial charge in [-0.25, -0.2) is 0 Å². The average Bonchev–Trinajstić information content (AvgIpc) is 2.90. The third kappa shape index (κ3) is 3.59. The Morgan fingerprint density at radius 3 is 2.81 bits per heavy atom. The van der Waals surface area contributed by atoms with E-state index in [9.17, 15) is 5.11 Å². The Balaban J connectivity index is 2.03. The van der Waals surface area contributed by atoms with Crippen LogP contribution < -0.4 is 10.1 Å². The normalized spacial score (nSPS) is 14.0. The van der Waals surface area contributed by atoms with Gasteiger partial charge in [0.1, 0.15) is 17.9 Å². The molecule has 2 rings (SSSR count). The number of benzene rings is 1. The molecule has 1 heterocycles. The number of nitrogens with one attached hydrogen (secondary N) is 1. The molecule has 2 unspecified atom stereocenters. The topological polar surface area (TPSA) is 72.2 Å². The first-order valence-electron chi connectivity index (χ1n) is 6.92. The monoisotopic (exact) mass is 290 g/mol. The minimum Gasteiger partial charge on any atom is -0.496 e. The zero-order valence-electron chi connectivity index (χ0n) is 12.9. The number of aromatic nitrogens is 3. The Labute approximate surface area is 124 Å². The van der Waals surface area contributed by atoms with Crippen molar-refractivity contribution in [1.29, 1.82) is 0 Å². The lowest BCUT2D eigenvalue weighted by molar-refractivity contribution is 0.166. The zero-order valence-corrected chi connectivity index (χ0v) is 12.9. The van der Waals surface area contributed by atoms with E-state index >= 15 is 0 Å². The molecule has 0 saturated carbocycles. The molecule has 2 N–H and O–H groups in total. The van der Waals surface area contributed by atoms with E-state index in [1.807, 2.05) is 43.7 Å². The molecule has 0 amide bonds. The summed E-state index contributed by atoms with van der Waals surface area (Å²) in [6.45, 7) is 4.39. The van der Waals surface area contributed by atoms with Crippen molar-refractivity contribution in [3.05, 3.63) is 41.5 Å². The van der Waals surface area contributed by atoms with Crippen molar-refractivity contribution in [3.63, 3.8) is 0 Å². The fraction of sp³-hybridized carbons (Fsp3) is 0.467. The highest BCUT2D eigenvalue weighted by molar-refractivity contribution is 5.38. The Hall–Kier alpha value is -1.92. The van der Waals surface area contributed by atoms with E-state index in [4.69, 9.17) is 4.74 Å². The lowest BCUT2D eigenvalue weighted by atomic mass is 10.0. The highest BCUT2D eigenvalue weighted by atomic mass is 16.5. The molecule has 0 fully saturated rings. The van der Waals surface area contributed by atoms with Gasteiger partial charge in [-0.3, -0.25) is 0 Å². The number of hydrogen-bond donors (Lipinski definition) is 2. The highest BCUT2D eigenvalue weighted by Crippen LogP contribution is 2.26. The summed E-state index contributed by atoms with van der Waals surface area (Å²) < 4.78 is 7.16. The summed E-state index contributed by atoms with van der Waals surface area (Å²) >= 11 is 0. The molecule has 0 spiro atoms. The van der Waals surface area contributed by atoms with Crippen LogP contribution in [0.4, 0.5) is 0 Å². The maximum absolute atomic E-state index is 10.4. The lowest BCUT2D eigenvalue weighted by Gasteiger charge is -2.19. The first kappa shape index (κ1) is 15.5. The first-order valence-corrected chi connectivity index (χ1v) is 6.92. The standard InChI is InChI=1S/C15H22N4O2/c1-10-5-6-14(21-4)12(7-10)13(20)8-16-11(2)15-18-17-9-19(15)3/h5-7,9,11,13,16,20H,8H2,1-4H3. The third-order valence-electron chi connectivity index (χ3n) is 3.50. The molecule has 0 aliphatic heterocycles. The first-order chi connectivity index (χ1) is 10.0. The van der Waals surface area contributed by atoms with Crippen molar-refractivity contribution in [3.8, 4) is 5.75 Å². The summed E-state index contributed by atoms with van der Waals surface area (Å²) in [5, 5.41) is 21.6. The predicted molar refractivity (Wildman–Crippen MR) is 80.1 cm³/mol. The number of aliphatic hydroxyl groups excluding tert-OH is 1. The predicted octanol–water partition coefficient (Wildman–Crippen LogP) is 1.52. The van der Waals surface area contributed by atoms with Crippen molar-refractivity contribution in [2.45, 2.75) is 26.0 Å². The van der Waals surface area contributed by atoms with Gasteiger partial charge in [0.05, 0.1) is 19.3 Å². The maximum atomic E-state index is 10.4. The van der Waals surface area contributed by atoms with Gasteiger partial charge < -0.3 is 19.7 Å². The van der Waals surface area contributed by atoms with Gasteiger partial charge in [0, 0.05) is 19.2 Å². The number of methoxy groups -OCH3 is 1. The molecule has 21 heavy (non-hydrogen) atoms. The van der Waals surface area contributed by atoms with Crippen LogP contribution in [0.3, 0.4) is 0 Å². The van der Waals surface area contributed by atoms with E-state index in [0.717, 1.165) is 17.0 Å².